The van der Waals surface area contributed by atoms with Crippen molar-refractivity contribution in [2.45, 2.75) is 46.0 Å². The third kappa shape index (κ3) is 4.74. The van der Waals surface area contributed by atoms with Crippen molar-refractivity contribution in [1.82, 2.24) is 0 Å². The molecule has 2 atom stereocenters. The van der Waals surface area contributed by atoms with Crippen molar-refractivity contribution in [3.8, 4) is 0 Å². The Morgan fingerprint density at radius 1 is 1.38 bits per heavy atom. The molecular weight excluding hydrogens is 185 g/mol. The van der Waals surface area contributed by atoms with Gasteiger partial charge in [-0.25, -0.2) is 4.39 Å². The van der Waals surface area contributed by atoms with E-state index in [1.807, 2.05) is 20.8 Å². The van der Waals surface area contributed by atoms with Crippen LogP contribution in [0.1, 0.15) is 20.8 Å². The van der Waals surface area contributed by atoms with E-state index < -0.39 is 21.8 Å². The van der Waals surface area contributed by atoms with Crippen LogP contribution in [0.15, 0.2) is 0 Å². The molecule has 2 unspecified atom stereocenters. The molecule has 0 rings (SSSR count). The van der Waals surface area contributed by atoms with Crippen LogP contribution in [0.5, 0.6) is 0 Å². The summed E-state index contributed by atoms with van der Waals surface area (Å²) in [5, 5.41) is 0. The normalized spacial score (nSPS) is 17.5. The molecule has 4 heteroatoms. The molecule has 0 radical (unpaired) electrons. The minimum absolute atomic E-state index is 0.0806. The zero-order chi connectivity index (χ0) is 10.6. The molecule has 0 saturated carbocycles. The van der Waals surface area contributed by atoms with Gasteiger partial charge in [-0.15, -0.1) is 0 Å². The first-order chi connectivity index (χ1) is 5.79. The zero-order valence-electron chi connectivity index (χ0n) is 9.30. The van der Waals surface area contributed by atoms with Crippen molar-refractivity contribution in [2.24, 2.45) is 11.1 Å². The van der Waals surface area contributed by atoms with E-state index in [1.165, 1.54) is 0 Å². The molecule has 13 heavy (non-hydrogen) atoms. The highest BCUT2D eigenvalue weighted by atomic mass is 28.3. The van der Waals surface area contributed by atoms with Crippen molar-refractivity contribution in [3.05, 3.63) is 0 Å². The van der Waals surface area contributed by atoms with Gasteiger partial charge in [0.05, 0.1) is 12.1 Å². The summed E-state index contributed by atoms with van der Waals surface area (Å²) in [6, 6.07) is -0.491. The monoisotopic (exact) mass is 207 g/mol. The van der Waals surface area contributed by atoms with Gasteiger partial charge in [0.2, 0.25) is 0 Å². The Balaban J connectivity index is 4.37. The van der Waals surface area contributed by atoms with Gasteiger partial charge in [0.15, 0.2) is 9.04 Å². The van der Waals surface area contributed by atoms with Crippen LogP contribution >= 0.6 is 0 Å². The second-order valence-electron chi connectivity index (χ2n) is 4.79. The highest BCUT2D eigenvalue weighted by Gasteiger charge is 2.31. The summed E-state index contributed by atoms with van der Waals surface area (Å²) in [5.41, 5.74) is 5.59. The summed E-state index contributed by atoms with van der Waals surface area (Å²) >= 11 is 0. The summed E-state index contributed by atoms with van der Waals surface area (Å²) in [5.74, 6) is 0. The molecule has 0 aromatic heterocycles. The van der Waals surface area contributed by atoms with Crippen LogP contribution in [0.4, 0.5) is 4.39 Å². The molecule has 2 N–H and O–H groups in total. The maximum atomic E-state index is 12.4. The van der Waals surface area contributed by atoms with Crippen LogP contribution in [0.2, 0.25) is 13.1 Å². The summed E-state index contributed by atoms with van der Waals surface area (Å²) in [6.45, 7) is 9.73. The number of hydrogen-bond donors (Lipinski definition) is 1. The fraction of sp³-hybridized carbons (Fsp3) is 1.00. The van der Waals surface area contributed by atoms with Gasteiger partial charge in [-0.1, -0.05) is 20.8 Å². The molecule has 0 aromatic carbocycles. The lowest BCUT2D eigenvalue weighted by atomic mass is 9.85. The maximum absolute atomic E-state index is 12.4. The minimum atomic E-state index is -1.14. The van der Waals surface area contributed by atoms with Gasteiger partial charge < -0.3 is 10.2 Å². The van der Waals surface area contributed by atoms with Gasteiger partial charge in [0.25, 0.3) is 0 Å². The van der Waals surface area contributed by atoms with Crippen LogP contribution < -0.4 is 5.73 Å². The molecule has 2 nitrogen and oxygen atoms in total. The lowest BCUT2D eigenvalue weighted by Crippen LogP contribution is -2.48. The van der Waals surface area contributed by atoms with Gasteiger partial charge >= 0.3 is 0 Å². The fourth-order valence-corrected chi connectivity index (χ4v) is 2.52. The Morgan fingerprint density at radius 3 is 2.08 bits per heavy atom. The minimum Gasteiger partial charge on any atom is -0.415 e. The van der Waals surface area contributed by atoms with E-state index in [2.05, 4.69) is 13.1 Å². The van der Waals surface area contributed by atoms with Crippen molar-refractivity contribution in [3.63, 3.8) is 0 Å². The molecule has 0 aliphatic rings. The van der Waals surface area contributed by atoms with Crippen molar-refractivity contribution < 1.29 is 8.82 Å². The summed E-state index contributed by atoms with van der Waals surface area (Å²) in [6.07, 6.45) is -0.163. The highest BCUT2D eigenvalue weighted by molar-refractivity contribution is 6.48. The van der Waals surface area contributed by atoms with Crippen molar-refractivity contribution in [2.75, 3.05) is 6.67 Å². The number of hydrogen-bond acceptors (Lipinski definition) is 2. The second kappa shape index (κ2) is 5.07. The quantitative estimate of drug-likeness (QED) is 0.712. The van der Waals surface area contributed by atoms with E-state index in [4.69, 9.17) is 10.2 Å². The van der Waals surface area contributed by atoms with Crippen molar-refractivity contribution in [1.29, 1.82) is 0 Å². The average molecular weight is 207 g/mol. The van der Waals surface area contributed by atoms with E-state index in [9.17, 15) is 4.39 Å². The van der Waals surface area contributed by atoms with Gasteiger partial charge in [0.1, 0.15) is 6.67 Å². The number of alkyl halides is 1. The van der Waals surface area contributed by atoms with Gasteiger partial charge in [-0.3, -0.25) is 0 Å². The Kier molecular flexibility index (Phi) is 5.10. The second-order valence-corrected chi connectivity index (χ2v) is 7.16. The summed E-state index contributed by atoms with van der Waals surface area (Å²) in [4.78, 5) is 0. The van der Waals surface area contributed by atoms with Crippen LogP contribution in [0.3, 0.4) is 0 Å². The van der Waals surface area contributed by atoms with Crippen LogP contribution in [-0.2, 0) is 4.43 Å². The number of rotatable bonds is 4. The number of halogens is 1. The maximum Gasteiger partial charge on any atom is 0.171 e. The van der Waals surface area contributed by atoms with E-state index in [0.717, 1.165) is 0 Å². The van der Waals surface area contributed by atoms with Crippen LogP contribution in [0, 0.1) is 5.41 Å². The topological polar surface area (TPSA) is 35.2 Å². The Hall–Kier alpha value is 0.0669. The molecule has 0 spiro atoms. The van der Waals surface area contributed by atoms with Gasteiger partial charge in [-0.05, 0) is 18.5 Å². The van der Waals surface area contributed by atoms with E-state index in [-0.39, 0.29) is 11.5 Å². The van der Waals surface area contributed by atoms with Gasteiger partial charge in [0, 0.05) is 0 Å². The van der Waals surface area contributed by atoms with Crippen LogP contribution in [-0.4, -0.2) is 27.9 Å². The molecule has 0 fully saturated rings. The molecule has 0 heterocycles. The summed E-state index contributed by atoms with van der Waals surface area (Å²) in [7, 11) is -1.14. The molecule has 0 aliphatic heterocycles. The molecule has 80 valence electrons. The lowest BCUT2D eigenvalue weighted by molar-refractivity contribution is 0.0547. The molecule has 0 aromatic rings. The molecular formula is C9H22FNOSi. The predicted octanol–water partition coefficient (Wildman–Crippen LogP) is 1.70. The molecule has 0 amide bonds. The summed E-state index contributed by atoms with van der Waals surface area (Å²) < 4.78 is 18.2. The Morgan fingerprint density at radius 2 is 1.85 bits per heavy atom. The Labute approximate surface area is 82.4 Å². The number of nitrogens with two attached hydrogens (primary N) is 1. The van der Waals surface area contributed by atoms with Crippen molar-refractivity contribution >= 4 is 9.04 Å². The van der Waals surface area contributed by atoms with E-state index in [1.54, 1.807) is 0 Å². The Bertz CT molecular complexity index is 147. The third-order valence-corrected chi connectivity index (χ3v) is 2.68. The first-order valence-electron chi connectivity index (χ1n) is 4.76. The smallest absolute Gasteiger partial charge is 0.171 e. The zero-order valence-corrected chi connectivity index (χ0v) is 10.5. The molecule has 0 saturated heterocycles. The van der Waals surface area contributed by atoms with Crippen LogP contribution in [0.25, 0.3) is 0 Å². The standard InChI is InChI=1S/C9H22FNOSi/c1-9(2,3)8(7(11)6-10)12-13(4)5/h7-8,13H,6,11H2,1-5H3. The predicted molar refractivity (Wildman–Crippen MR) is 57.2 cm³/mol. The van der Waals surface area contributed by atoms with Gasteiger partial charge in [-0.2, -0.15) is 0 Å². The third-order valence-electron chi connectivity index (χ3n) is 1.84. The van der Waals surface area contributed by atoms with E-state index >= 15 is 0 Å². The SMILES string of the molecule is C[SiH](C)OC(C(N)CF)C(C)(C)C. The van der Waals surface area contributed by atoms with E-state index in [0.29, 0.717) is 0 Å². The first kappa shape index (κ1) is 13.1. The molecule has 0 bridgehead atoms. The average Bonchev–Trinajstić information content (AvgIpc) is 1.96. The largest absolute Gasteiger partial charge is 0.415 e. The molecule has 0 aliphatic carbocycles. The first-order valence-corrected chi connectivity index (χ1v) is 7.54. The fourth-order valence-electron chi connectivity index (χ4n) is 1.32. The lowest BCUT2D eigenvalue weighted by Gasteiger charge is -2.35. The highest BCUT2D eigenvalue weighted by Crippen LogP contribution is 2.25.